The maximum absolute atomic E-state index is 5.49. The molecule has 5 nitrogen and oxygen atoms in total. The van der Waals surface area contributed by atoms with Crippen LogP contribution in [0.3, 0.4) is 0 Å². The maximum Gasteiger partial charge on any atom is 0.225 e. The Labute approximate surface area is 111 Å². The number of aromatic nitrogens is 2. The molecule has 2 heterocycles. The molecule has 0 amide bonds. The van der Waals surface area contributed by atoms with Gasteiger partial charge in [-0.15, -0.1) is 11.3 Å². The third-order valence-electron chi connectivity index (χ3n) is 2.56. The van der Waals surface area contributed by atoms with Crippen molar-refractivity contribution in [3.63, 3.8) is 0 Å². The van der Waals surface area contributed by atoms with Crippen LogP contribution in [0.1, 0.15) is 13.8 Å². The zero-order valence-electron chi connectivity index (χ0n) is 10.9. The van der Waals surface area contributed by atoms with E-state index in [0.29, 0.717) is 5.95 Å². The first-order valence-corrected chi connectivity index (χ1v) is 6.91. The quantitative estimate of drug-likeness (QED) is 0.841. The maximum atomic E-state index is 5.49. The highest BCUT2D eigenvalue weighted by molar-refractivity contribution is 7.16. The summed E-state index contributed by atoms with van der Waals surface area (Å²) in [4.78, 5) is 9.83. The van der Waals surface area contributed by atoms with Crippen LogP contribution in [0.5, 0.6) is 0 Å². The van der Waals surface area contributed by atoms with Crippen LogP contribution in [-0.2, 0) is 4.74 Å². The molecule has 6 heteroatoms. The summed E-state index contributed by atoms with van der Waals surface area (Å²) in [6.45, 7) is 5.50. The third-order valence-corrected chi connectivity index (χ3v) is 3.36. The zero-order valence-corrected chi connectivity index (χ0v) is 11.7. The minimum atomic E-state index is 0.164. The minimum absolute atomic E-state index is 0.164. The van der Waals surface area contributed by atoms with Gasteiger partial charge in [-0.25, -0.2) is 4.98 Å². The zero-order chi connectivity index (χ0) is 13.0. The number of thiophene rings is 1. The Bertz CT molecular complexity index is 514. The number of anilines is 2. The highest BCUT2D eigenvalue weighted by atomic mass is 32.1. The molecule has 0 saturated carbocycles. The van der Waals surface area contributed by atoms with Crippen molar-refractivity contribution in [3.8, 4) is 0 Å². The number of hydrogen-bond donors (Lipinski definition) is 2. The van der Waals surface area contributed by atoms with E-state index in [1.165, 1.54) is 0 Å². The van der Waals surface area contributed by atoms with Crippen LogP contribution >= 0.6 is 11.3 Å². The van der Waals surface area contributed by atoms with E-state index in [9.17, 15) is 0 Å². The fourth-order valence-electron chi connectivity index (χ4n) is 1.69. The van der Waals surface area contributed by atoms with E-state index in [0.717, 1.165) is 29.2 Å². The van der Waals surface area contributed by atoms with Crippen molar-refractivity contribution in [1.29, 1.82) is 0 Å². The number of nitrogens with zero attached hydrogens (tertiary/aromatic N) is 2. The Morgan fingerprint density at radius 2 is 2.28 bits per heavy atom. The van der Waals surface area contributed by atoms with Gasteiger partial charge in [-0.2, -0.15) is 4.98 Å². The van der Waals surface area contributed by atoms with Gasteiger partial charge in [0.15, 0.2) is 0 Å². The van der Waals surface area contributed by atoms with Gasteiger partial charge in [0, 0.05) is 20.2 Å². The summed E-state index contributed by atoms with van der Waals surface area (Å²) in [6, 6.07) is 2.03. The number of hydrogen-bond acceptors (Lipinski definition) is 6. The van der Waals surface area contributed by atoms with Crippen LogP contribution in [0.25, 0.3) is 10.2 Å². The summed E-state index contributed by atoms with van der Waals surface area (Å²) in [5.41, 5.74) is 0. The molecule has 0 aliphatic rings. The number of ether oxygens (including phenoxy) is 1. The monoisotopic (exact) mass is 266 g/mol. The molecular formula is C12H18N4OS. The van der Waals surface area contributed by atoms with E-state index in [1.54, 1.807) is 11.3 Å². The van der Waals surface area contributed by atoms with Gasteiger partial charge in [0.05, 0.1) is 11.5 Å². The Hall–Kier alpha value is -1.40. The molecule has 0 aliphatic carbocycles. The Balaban J connectivity index is 2.18. The third kappa shape index (κ3) is 2.88. The van der Waals surface area contributed by atoms with Crippen LogP contribution < -0.4 is 10.6 Å². The molecule has 1 unspecified atom stereocenters. The largest absolute Gasteiger partial charge is 0.377 e. The highest BCUT2D eigenvalue weighted by Gasteiger charge is 2.09. The summed E-state index contributed by atoms with van der Waals surface area (Å²) in [7, 11) is 1.82. The lowest BCUT2D eigenvalue weighted by Crippen LogP contribution is -2.20. The number of nitrogens with one attached hydrogen (secondary N) is 2. The van der Waals surface area contributed by atoms with E-state index in [2.05, 4.69) is 20.6 Å². The van der Waals surface area contributed by atoms with Crippen molar-refractivity contribution in [2.45, 2.75) is 20.0 Å². The van der Waals surface area contributed by atoms with Gasteiger partial charge >= 0.3 is 0 Å². The number of fused-ring (bicyclic) bond motifs is 1. The van der Waals surface area contributed by atoms with E-state index in [-0.39, 0.29) is 6.10 Å². The molecule has 2 rings (SSSR count). The van der Waals surface area contributed by atoms with Crippen LogP contribution in [0.4, 0.5) is 11.8 Å². The molecule has 98 valence electrons. The molecule has 0 spiro atoms. The fourth-order valence-corrected chi connectivity index (χ4v) is 2.45. The average Bonchev–Trinajstić information content (AvgIpc) is 2.84. The Kier molecular flexibility index (Phi) is 4.33. The summed E-state index contributed by atoms with van der Waals surface area (Å²) in [6.07, 6.45) is 0.164. The Morgan fingerprint density at radius 3 is 3.00 bits per heavy atom. The van der Waals surface area contributed by atoms with Gasteiger partial charge in [-0.3, -0.25) is 0 Å². The molecule has 0 saturated heterocycles. The van der Waals surface area contributed by atoms with Gasteiger partial charge < -0.3 is 15.4 Å². The second kappa shape index (κ2) is 5.97. The van der Waals surface area contributed by atoms with E-state index in [4.69, 9.17) is 4.74 Å². The van der Waals surface area contributed by atoms with Crippen molar-refractivity contribution in [3.05, 3.63) is 11.4 Å². The van der Waals surface area contributed by atoms with E-state index in [1.807, 2.05) is 32.3 Å². The first-order chi connectivity index (χ1) is 8.74. The van der Waals surface area contributed by atoms with E-state index >= 15 is 0 Å². The van der Waals surface area contributed by atoms with Crippen molar-refractivity contribution in [2.24, 2.45) is 0 Å². The van der Waals surface area contributed by atoms with Crippen molar-refractivity contribution in [1.82, 2.24) is 9.97 Å². The second-order valence-electron chi connectivity index (χ2n) is 3.93. The Morgan fingerprint density at radius 1 is 1.44 bits per heavy atom. The summed E-state index contributed by atoms with van der Waals surface area (Å²) >= 11 is 1.61. The van der Waals surface area contributed by atoms with Gasteiger partial charge in [0.25, 0.3) is 0 Å². The van der Waals surface area contributed by atoms with Gasteiger partial charge in [0.1, 0.15) is 10.6 Å². The number of rotatable bonds is 6. The van der Waals surface area contributed by atoms with E-state index < -0.39 is 0 Å². The highest BCUT2D eigenvalue weighted by Crippen LogP contribution is 2.26. The lowest BCUT2D eigenvalue weighted by molar-refractivity contribution is 0.0855. The smallest absolute Gasteiger partial charge is 0.225 e. The molecule has 0 bridgehead atoms. The summed E-state index contributed by atoms with van der Waals surface area (Å²) in [5, 5.41) is 9.38. The first-order valence-electron chi connectivity index (χ1n) is 6.03. The topological polar surface area (TPSA) is 59.1 Å². The van der Waals surface area contributed by atoms with Crippen molar-refractivity contribution in [2.75, 3.05) is 30.8 Å². The molecule has 2 N–H and O–H groups in total. The standard InChI is InChI=1S/C12H18N4OS/c1-4-17-8(2)7-14-10-9-5-6-18-11(9)16-12(13-3)15-10/h5-6,8H,4,7H2,1-3H3,(H2,13,14,15,16). The minimum Gasteiger partial charge on any atom is -0.377 e. The molecule has 2 aromatic heterocycles. The second-order valence-corrected chi connectivity index (χ2v) is 4.83. The van der Waals surface area contributed by atoms with Crippen LogP contribution in [0.15, 0.2) is 11.4 Å². The molecule has 1 atom stereocenters. The lowest BCUT2D eigenvalue weighted by atomic mass is 10.3. The van der Waals surface area contributed by atoms with Crippen LogP contribution in [0, 0.1) is 0 Å². The van der Waals surface area contributed by atoms with Crippen LogP contribution in [0.2, 0.25) is 0 Å². The predicted molar refractivity (Wildman–Crippen MR) is 76.5 cm³/mol. The molecule has 2 aromatic rings. The fraction of sp³-hybridized carbons (Fsp3) is 0.500. The first kappa shape index (κ1) is 13.0. The molecule has 0 fully saturated rings. The van der Waals surface area contributed by atoms with Crippen LogP contribution in [-0.4, -0.2) is 36.3 Å². The average molecular weight is 266 g/mol. The molecule has 0 radical (unpaired) electrons. The predicted octanol–water partition coefficient (Wildman–Crippen LogP) is 2.57. The molecule has 0 aromatic carbocycles. The lowest BCUT2D eigenvalue weighted by Gasteiger charge is -2.14. The van der Waals surface area contributed by atoms with Gasteiger partial charge in [-0.05, 0) is 25.3 Å². The summed E-state index contributed by atoms with van der Waals surface area (Å²) < 4.78 is 5.49. The molecular weight excluding hydrogens is 248 g/mol. The van der Waals surface area contributed by atoms with Gasteiger partial charge in [0.2, 0.25) is 5.95 Å². The molecule has 18 heavy (non-hydrogen) atoms. The normalized spacial score (nSPS) is 12.6. The summed E-state index contributed by atoms with van der Waals surface area (Å²) in [5.74, 6) is 1.49. The molecule has 0 aliphatic heterocycles. The van der Waals surface area contributed by atoms with Crippen molar-refractivity contribution < 1.29 is 4.74 Å². The SMILES string of the molecule is CCOC(C)CNc1nc(NC)nc2sccc12. The van der Waals surface area contributed by atoms with Crippen molar-refractivity contribution >= 4 is 33.3 Å². The van der Waals surface area contributed by atoms with Gasteiger partial charge in [-0.1, -0.05) is 0 Å².